The summed E-state index contributed by atoms with van der Waals surface area (Å²) in [6.45, 7) is 4.13. The van der Waals surface area contributed by atoms with Crippen molar-refractivity contribution in [3.05, 3.63) is 41.3 Å². The molecule has 0 aliphatic heterocycles. The maximum Gasteiger partial charge on any atom is 0.348 e. The van der Waals surface area contributed by atoms with E-state index < -0.39 is 5.97 Å². The molecule has 122 valence electrons. The average molecular weight is 331 g/mol. The quantitative estimate of drug-likeness (QED) is 0.847. The third-order valence-corrected chi connectivity index (χ3v) is 4.80. The van der Waals surface area contributed by atoms with E-state index >= 15 is 0 Å². The van der Waals surface area contributed by atoms with E-state index in [0.29, 0.717) is 18.0 Å². The Bertz CT molecular complexity index is 692. The number of carbonyl (C=O) groups excluding carboxylic acids is 1. The van der Waals surface area contributed by atoms with E-state index in [4.69, 9.17) is 0 Å². The highest BCUT2D eigenvalue weighted by molar-refractivity contribution is 7.18. The Morgan fingerprint density at radius 1 is 1.22 bits per heavy atom. The van der Waals surface area contributed by atoms with E-state index in [-0.39, 0.29) is 10.8 Å². The molecule has 1 N–H and O–H groups in total. The van der Waals surface area contributed by atoms with E-state index in [0.717, 1.165) is 16.9 Å². The van der Waals surface area contributed by atoms with Crippen molar-refractivity contribution in [3.63, 3.8) is 0 Å². The molecule has 1 aromatic heterocycles. The van der Waals surface area contributed by atoms with Crippen LogP contribution in [0.5, 0.6) is 0 Å². The number of carbonyl (C=O) groups is 2. The van der Waals surface area contributed by atoms with Crippen LogP contribution < -0.4 is 4.90 Å². The summed E-state index contributed by atoms with van der Waals surface area (Å²) in [5.74, 6) is -0.622. The summed E-state index contributed by atoms with van der Waals surface area (Å²) in [6, 6.07) is 11.4. The van der Waals surface area contributed by atoms with Crippen molar-refractivity contribution >= 4 is 28.9 Å². The molecule has 0 saturated carbocycles. The summed E-state index contributed by atoms with van der Waals surface area (Å²) < 4.78 is 0. The van der Waals surface area contributed by atoms with Crippen molar-refractivity contribution in [2.24, 2.45) is 5.92 Å². The number of thiophene rings is 1. The van der Waals surface area contributed by atoms with Crippen LogP contribution in [0.15, 0.2) is 36.4 Å². The van der Waals surface area contributed by atoms with Gasteiger partial charge < -0.3 is 10.0 Å². The van der Waals surface area contributed by atoms with Crippen LogP contribution in [-0.2, 0) is 4.79 Å². The molecule has 4 nitrogen and oxygen atoms in total. The van der Waals surface area contributed by atoms with Gasteiger partial charge in [0.15, 0.2) is 0 Å². The maximum atomic E-state index is 12.3. The molecule has 23 heavy (non-hydrogen) atoms. The second kappa shape index (κ2) is 7.42. The van der Waals surface area contributed by atoms with Crippen LogP contribution in [0.4, 0.5) is 5.69 Å². The average Bonchev–Trinajstić information content (AvgIpc) is 2.98. The Hall–Kier alpha value is -2.14. The lowest BCUT2D eigenvalue weighted by Crippen LogP contribution is -2.27. The summed E-state index contributed by atoms with van der Waals surface area (Å²) in [4.78, 5) is 26.4. The first-order valence-electron chi connectivity index (χ1n) is 7.59. The van der Waals surface area contributed by atoms with E-state index in [1.54, 1.807) is 13.1 Å². The minimum Gasteiger partial charge on any atom is -0.477 e. The van der Waals surface area contributed by atoms with Gasteiger partial charge >= 0.3 is 5.97 Å². The highest BCUT2D eigenvalue weighted by Crippen LogP contribution is 2.36. The molecule has 0 radical (unpaired) electrons. The molecular weight excluding hydrogens is 310 g/mol. The molecule has 0 spiro atoms. The highest BCUT2D eigenvalue weighted by Gasteiger charge is 2.22. The lowest BCUT2D eigenvalue weighted by molar-refractivity contribution is -0.118. The number of hydrogen-bond donors (Lipinski definition) is 1. The number of rotatable bonds is 6. The summed E-state index contributed by atoms with van der Waals surface area (Å²) in [6.07, 6.45) is 1.21. The summed E-state index contributed by atoms with van der Waals surface area (Å²) >= 11 is 1.20. The van der Waals surface area contributed by atoms with E-state index in [1.807, 2.05) is 30.3 Å². The SMILES string of the molecule is CC(C)CCC(=O)N(C)c1cc(-c2ccccc2)sc1C(=O)O. The second-order valence-electron chi connectivity index (χ2n) is 5.88. The molecule has 0 fully saturated rings. The molecule has 2 aromatic rings. The van der Waals surface area contributed by atoms with Gasteiger partial charge in [0, 0.05) is 18.3 Å². The largest absolute Gasteiger partial charge is 0.477 e. The maximum absolute atomic E-state index is 12.3. The Balaban J connectivity index is 2.32. The van der Waals surface area contributed by atoms with Gasteiger partial charge in [-0.3, -0.25) is 4.79 Å². The standard InChI is InChI=1S/C18H21NO3S/c1-12(2)9-10-16(20)19(3)14-11-15(23-17(14)18(21)22)13-7-5-4-6-8-13/h4-8,11-12H,9-10H2,1-3H3,(H,21,22). The Morgan fingerprint density at radius 2 is 1.87 bits per heavy atom. The van der Waals surface area contributed by atoms with Crippen LogP contribution >= 0.6 is 11.3 Å². The van der Waals surface area contributed by atoms with Crippen molar-refractivity contribution in [3.8, 4) is 10.4 Å². The lowest BCUT2D eigenvalue weighted by atomic mass is 10.1. The van der Waals surface area contributed by atoms with Crippen molar-refractivity contribution < 1.29 is 14.7 Å². The highest BCUT2D eigenvalue weighted by atomic mass is 32.1. The zero-order chi connectivity index (χ0) is 17.0. The molecule has 2 rings (SSSR count). The molecule has 5 heteroatoms. The first-order chi connectivity index (χ1) is 10.9. The smallest absolute Gasteiger partial charge is 0.348 e. The first-order valence-corrected chi connectivity index (χ1v) is 8.41. The number of nitrogens with zero attached hydrogens (tertiary/aromatic N) is 1. The van der Waals surface area contributed by atoms with E-state index in [1.165, 1.54) is 16.2 Å². The fraction of sp³-hybridized carbons (Fsp3) is 0.333. The molecule has 1 heterocycles. The van der Waals surface area contributed by atoms with Gasteiger partial charge in [-0.15, -0.1) is 11.3 Å². The Kier molecular flexibility index (Phi) is 5.55. The van der Waals surface area contributed by atoms with E-state index in [9.17, 15) is 14.7 Å². The molecular formula is C18H21NO3S. The zero-order valence-electron chi connectivity index (χ0n) is 13.6. The number of carboxylic acid groups (broad SMARTS) is 1. The molecule has 0 atom stereocenters. The van der Waals surface area contributed by atoms with Crippen LogP contribution in [0, 0.1) is 5.92 Å². The predicted molar refractivity (Wildman–Crippen MR) is 94.2 cm³/mol. The van der Waals surface area contributed by atoms with Gasteiger partial charge in [0.25, 0.3) is 0 Å². The lowest BCUT2D eigenvalue weighted by Gasteiger charge is -2.17. The monoisotopic (exact) mass is 331 g/mol. The zero-order valence-corrected chi connectivity index (χ0v) is 14.4. The molecule has 1 aromatic carbocycles. The summed E-state index contributed by atoms with van der Waals surface area (Å²) in [7, 11) is 1.64. The number of hydrogen-bond acceptors (Lipinski definition) is 3. The third-order valence-electron chi connectivity index (χ3n) is 3.64. The van der Waals surface area contributed by atoms with Gasteiger partial charge in [0.1, 0.15) is 4.88 Å². The van der Waals surface area contributed by atoms with Crippen LogP contribution in [0.2, 0.25) is 0 Å². The van der Waals surface area contributed by atoms with E-state index in [2.05, 4.69) is 13.8 Å². The minimum atomic E-state index is -1.00. The molecule has 0 saturated heterocycles. The van der Waals surface area contributed by atoms with Crippen LogP contribution in [0.1, 0.15) is 36.4 Å². The Labute approximate surface area is 140 Å². The third kappa shape index (κ3) is 4.20. The van der Waals surface area contributed by atoms with Crippen molar-refractivity contribution in [1.82, 2.24) is 0 Å². The number of aromatic carboxylic acids is 1. The molecule has 0 unspecified atom stereocenters. The first kappa shape index (κ1) is 17.2. The van der Waals surface area contributed by atoms with Crippen LogP contribution in [-0.4, -0.2) is 24.0 Å². The van der Waals surface area contributed by atoms with Crippen LogP contribution in [0.3, 0.4) is 0 Å². The van der Waals surface area contributed by atoms with Crippen molar-refractivity contribution in [2.45, 2.75) is 26.7 Å². The summed E-state index contributed by atoms with van der Waals surface area (Å²) in [5.41, 5.74) is 1.42. The van der Waals surface area contributed by atoms with Gasteiger partial charge in [-0.05, 0) is 24.0 Å². The minimum absolute atomic E-state index is 0.0568. The normalized spacial score (nSPS) is 10.8. The predicted octanol–water partition coefficient (Wildman–Crippen LogP) is 4.51. The van der Waals surface area contributed by atoms with Crippen molar-refractivity contribution in [1.29, 1.82) is 0 Å². The molecule has 1 amide bonds. The number of carboxylic acids is 1. The van der Waals surface area contributed by atoms with Gasteiger partial charge in [0.05, 0.1) is 5.69 Å². The summed E-state index contributed by atoms with van der Waals surface area (Å²) in [5, 5.41) is 9.45. The molecule has 0 bridgehead atoms. The Morgan fingerprint density at radius 3 is 2.43 bits per heavy atom. The fourth-order valence-electron chi connectivity index (χ4n) is 2.24. The van der Waals surface area contributed by atoms with Gasteiger partial charge in [-0.25, -0.2) is 4.79 Å². The topological polar surface area (TPSA) is 57.6 Å². The van der Waals surface area contributed by atoms with Crippen molar-refractivity contribution in [2.75, 3.05) is 11.9 Å². The van der Waals surface area contributed by atoms with Gasteiger partial charge in [-0.1, -0.05) is 44.2 Å². The molecule has 0 aliphatic carbocycles. The van der Waals surface area contributed by atoms with Crippen LogP contribution in [0.25, 0.3) is 10.4 Å². The number of anilines is 1. The fourth-order valence-corrected chi connectivity index (χ4v) is 3.27. The number of benzene rings is 1. The second-order valence-corrected chi connectivity index (χ2v) is 6.93. The van der Waals surface area contributed by atoms with Gasteiger partial charge in [-0.2, -0.15) is 0 Å². The van der Waals surface area contributed by atoms with Gasteiger partial charge in [0.2, 0.25) is 5.91 Å². The number of amides is 1. The molecule has 0 aliphatic rings.